The normalized spacial score (nSPS) is 19.8. The van der Waals surface area contributed by atoms with E-state index in [0.717, 1.165) is 0 Å². The molecule has 0 bridgehead atoms. The summed E-state index contributed by atoms with van der Waals surface area (Å²) >= 11 is 0. The Morgan fingerprint density at radius 2 is 1.35 bits per heavy atom. The number of ether oxygens (including phenoxy) is 1. The van der Waals surface area contributed by atoms with Gasteiger partial charge in [-0.3, -0.25) is 0 Å². The van der Waals surface area contributed by atoms with Gasteiger partial charge in [0.05, 0.1) is 31.8 Å². The van der Waals surface area contributed by atoms with Crippen molar-refractivity contribution < 1.29 is 35.4 Å². The van der Waals surface area contributed by atoms with Gasteiger partial charge in [-0.2, -0.15) is 0 Å². The van der Waals surface area contributed by atoms with Gasteiger partial charge >= 0.3 is 0 Å². The van der Waals surface area contributed by atoms with Crippen LogP contribution >= 0.6 is 0 Å². The number of hydrogen-bond donors (Lipinski definition) is 6. The van der Waals surface area contributed by atoms with Crippen LogP contribution in [0.4, 0.5) is 0 Å². The molecule has 0 spiro atoms. The van der Waals surface area contributed by atoms with Crippen molar-refractivity contribution in [2.75, 3.05) is 26.4 Å². The topological polar surface area (TPSA) is 131 Å². The summed E-state index contributed by atoms with van der Waals surface area (Å²) in [5.41, 5.74) is -1.58. The van der Waals surface area contributed by atoms with Crippen LogP contribution < -0.4 is 0 Å². The molecule has 6 N–H and O–H groups in total. The Morgan fingerprint density at radius 1 is 0.882 bits per heavy atom. The molecular weight excluding hydrogens is 232 g/mol. The maximum absolute atomic E-state index is 10.1. The second kappa shape index (κ2) is 6.05. The maximum Gasteiger partial charge on any atom is 0.202 e. The Kier molecular flexibility index (Phi) is 5.95. The molecule has 0 rings (SSSR count). The molecule has 0 saturated heterocycles. The molecule has 0 radical (unpaired) electrons. The smallest absolute Gasteiger partial charge is 0.202 e. The van der Waals surface area contributed by atoms with Crippen molar-refractivity contribution in [2.45, 2.75) is 31.8 Å². The first-order valence-electron chi connectivity index (χ1n) is 5.35. The Balaban J connectivity index is 5.15. The Hall–Kier alpha value is -0.280. The van der Waals surface area contributed by atoms with Crippen LogP contribution in [0, 0.1) is 5.41 Å². The molecular formula is C10H22O7. The van der Waals surface area contributed by atoms with Gasteiger partial charge in [0.15, 0.2) is 5.79 Å². The van der Waals surface area contributed by atoms with Crippen LogP contribution in [-0.4, -0.2) is 68.6 Å². The summed E-state index contributed by atoms with van der Waals surface area (Å²) in [4.78, 5) is 0. The van der Waals surface area contributed by atoms with Gasteiger partial charge in [-0.25, -0.2) is 0 Å². The van der Waals surface area contributed by atoms with Crippen molar-refractivity contribution >= 4 is 0 Å². The molecule has 0 aliphatic carbocycles. The van der Waals surface area contributed by atoms with Crippen LogP contribution in [-0.2, 0) is 4.74 Å². The SMILES string of the molecule is CCC(O)(CO)OC(O)(CO)C(C)(CO)CO. The largest absolute Gasteiger partial charge is 0.396 e. The summed E-state index contributed by atoms with van der Waals surface area (Å²) in [5, 5.41) is 56.2. The maximum atomic E-state index is 10.1. The molecule has 2 atom stereocenters. The predicted molar refractivity (Wildman–Crippen MR) is 57.7 cm³/mol. The number of aliphatic hydroxyl groups excluding tert-OH is 4. The summed E-state index contributed by atoms with van der Waals surface area (Å²) in [6.45, 7) is -0.316. The fourth-order valence-corrected chi connectivity index (χ4v) is 1.17. The second-order valence-corrected chi connectivity index (χ2v) is 4.38. The monoisotopic (exact) mass is 254 g/mol. The summed E-state index contributed by atoms with van der Waals surface area (Å²) in [6, 6.07) is 0. The average molecular weight is 254 g/mol. The highest BCUT2D eigenvalue weighted by Crippen LogP contribution is 2.35. The van der Waals surface area contributed by atoms with Gasteiger partial charge in [-0.05, 0) is 6.92 Å². The molecule has 0 fully saturated rings. The van der Waals surface area contributed by atoms with Crippen LogP contribution in [0.3, 0.4) is 0 Å². The van der Waals surface area contributed by atoms with Gasteiger partial charge in [0, 0.05) is 6.42 Å². The highest BCUT2D eigenvalue weighted by molar-refractivity contribution is 4.90. The molecule has 0 saturated carbocycles. The molecule has 0 aromatic heterocycles. The minimum absolute atomic E-state index is 0.0429. The first-order chi connectivity index (χ1) is 7.76. The third-order valence-corrected chi connectivity index (χ3v) is 3.01. The number of aliphatic hydroxyl groups is 6. The number of rotatable bonds is 8. The van der Waals surface area contributed by atoms with Crippen LogP contribution in [0.5, 0.6) is 0 Å². The second-order valence-electron chi connectivity index (χ2n) is 4.38. The molecule has 0 aliphatic rings. The average Bonchev–Trinajstić information content (AvgIpc) is 2.37. The Bertz CT molecular complexity index is 225. The van der Waals surface area contributed by atoms with E-state index in [1.807, 2.05) is 0 Å². The van der Waals surface area contributed by atoms with E-state index in [2.05, 4.69) is 0 Å². The van der Waals surface area contributed by atoms with E-state index in [-0.39, 0.29) is 6.42 Å². The fourth-order valence-electron chi connectivity index (χ4n) is 1.17. The van der Waals surface area contributed by atoms with E-state index in [0.29, 0.717) is 0 Å². The molecule has 7 heteroatoms. The molecule has 0 aromatic rings. The minimum Gasteiger partial charge on any atom is -0.396 e. The predicted octanol–water partition coefficient (Wildman–Crippen LogP) is -2.23. The third-order valence-electron chi connectivity index (χ3n) is 3.01. The quantitative estimate of drug-likeness (QED) is 0.270. The zero-order valence-electron chi connectivity index (χ0n) is 10.1. The highest BCUT2D eigenvalue weighted by Gasteiger charge is 2.51. The van der Waals surface area contributed by atoms with E-state index in [4.69, 9.17) is 25.2 Å². The van der Waals surface area contributed by atoms with E-state index in [1.54, 1.807) is 0 Å². The van der Waals surface area contributed by atoms with Crippen molar-refractivity contribution in [3.05, 3.63) is 0 Å². The summed E-state index contributed by atoms with van der Waals surface area (Å²) in [7, 11) is 0. The first kappa shape index (κ1) is 16.7. The van der Waals surface area contributed by atoms with Crippen LogP contribution in [0.2, 0.25) is 0 Å². The van der Waals surface area contributed by atoms with Crippen molar-refractivity contribution in [1.29, 1.82) is 0 Å². The molecule has 7 nitrogen and oxygen atoms in total. The van der Waals surface area contributed by atoms with Crippen molar-refractivity contribution in [3.8, 4) is 0 Å². The van der Waals surface area contributed by atoms with Crippen molar-refractivity contribution in [1.82, 2.24) is 0 Å². The lowest BCUT2D eigenvalue weighted by Crippen LogP contribution is -2.60. The molecule has 0 aliphatic heterocycles. The minimum atomic E-state index is -2.37. The Labute approximate surface area is 99.9 Å². The lowest BCUT2D eigenvalue weighted by molar-refractivity contribution is -0.390. The third kappa shape index (κ3) is 3.35. The zero-order valence-corrected chi connectivity index (χ0v) is 10.1. The zero-order chi connectivity index (χ0) is 13.7. The van der Waals surface area contributed by atoms with E-state index in [9.17, 15) is 10.2 Å². The number of hydrogen-bond acceptors (Lipinski definition) is 7. The molecule has 2 unspecified atom stereocenters. The van der Waals surface area contributed by atoms with Gasteiger partial charge < -0.3 is 35.4 Å². The Morgan fingerprint density at radius 3 is 1.59 bits per heavy atom. The molecule has 17 heavy (non-hydrogen) atoms. The van der Waals surface area contributed by atoms with Crippen LogP contribution in [0.15, 0.2) is 0 Å². The molecule has 0 aromatic carbocycles. The fraction of sp³-hybridized carbons (Fsp3) is 1.00. The lowest BCUT2D eigenvalue weighted by atomic mass is 9.82. The van der Waals surface area contributed by atoms with Gasteiger partial charge in [0.2, 0.25) is 5.79 Å². The van der Waals surface area contributed by atoms with Crippen LogP contribution in [0.1, 0.15) is 20.3 Å². The van der Waals surface area contributed by atoms with E-state index < -0.39 is 43.4 Å². The standard InChI is InChI=1S/C10H22O7/c1-3-9(15,6-13)17-10(16,7-14)8(2,4-11)5-12/h11-16H,3-7H2,1-2H3. The van der Waals surface area contributed by atoms with Crippen LogP contribution in [0.25, 0.3) is 0 Å². The summed E-state index contributed by atoms with van der Waals surface area (Å²) in [6.07, 6.45) is -0.0429. The van der Waals surface area contributed by atoms with E-state index >= 15 is 0 Å². The van der Waals surface area contributed by atoms with Gasteiger partial charge in [0.1, 0.15) is 0 Å². The molecule has 0 amide bonds. The van der Waals surface area contributed by atoms with Gasteiger partial charge in [0.25, 0.3) is 0 Å². The van der Waals surface area contributed by atoms with Gasteiger partial charge in [-0.1, -0.05) is 6.92 Å². The first-order valence-corrected chi connectivity index (χ1v) is 5.35. The van der Waals surface area contributed by atoms with E-state index in [1.165, 1.54) is 13.8 Å². The molecule has 104 valence electrons. The van der Waals surface area contributed by atoms with Crippen molar-refractivity contribution in [2.24, 2.45) is 5.41 Å². The summed E-state index contributed by atoms with van der Waals surface area (Å²) < 4.78 is 4.91. The summed E-state index contributed by atoms with van der Waals surface area (Å²) in [5.74, 6) is -4.42. The van der Waals surface area contributed by atoms with Gasteiger partial charge in [-0.15, -0.1) is 0 Å². The highest BCUT2D eigenvalue weighted by atomic mass is 16.7. The molecule has 0 heterocycles. The van der Waals surface area contributed by atoms with Crippen molar-refractivity contribution in [3.63, 3.8) is 0 Å². The lowest BCUT2D eigenvalue weighted by Gasteiger charge is -2.44.